The molecule has 9 heteroatoms. The summed E-state index contributed by atoms with van der Waals surface area (Å²) in [6.07, 6.45) is 0.936. The molecule has 0 spiro atoms. The van der Waals surface area contributed by atoms with E-state index in [1.54, 1.807) is 20.8 Å². The largest absolute Gasteiger partial charge is 0.444 e. The SMILES string of the molecule is CCCC[C@H](NC(=O)OC(C)(C)C)C(=O)N[C@@H](Cc1cc(F)cc(F)c1)[C@H](O)CNCc1cccc(CC)c1. The Morgan fingerprint density at radius 1 is 0.974 bits per heavy atom. The highest BCUT2D eigenvalue weighted by Gasteiger charge is 2.28. The van der Waals surface area contributed by atoms with E-state index in [1.165, 1.54) is 17.7 Å². The number of ether oxygens (including phenoxy) is 1. The average Bonchev–Trinajstić information content (AvgIpc) is 2.84. The Kier molecular flexibility index (Phi) is 12.8. The fraction of sp³-hybridized carbons (Fsp3) is 0.533. The number of halogens is 2. The lowest BCUT2D eigenvalue weighted by Crippen LogP contribution is -2.55. The molecule has 0 bridgehead atoms. The standard InChI is InChI=1S/C30H43F2N3O4/c1-6-8-12-25(35-29(38)39-30(3,4)5)28(37)34-26(16-22-14-23(31)17-24(32)15-22)27(36)19-33-18-21-11-9-10-20(7-2)13-21/h9-11,13-15,17,25-27,33,36H,6-8,12,16,18-19H2,1-5H3,(H,34,37)(H,35,38)/t25-,26-,27+/m0/s1. The second kappa shape index (κ2) is 15.5. The Morgan fingerprint density at radius 2 is 1.64 bits per heavy atom. The molecule has 0 aliphatic rings. The number of alkyl carbamates (subject to hydrolysis) is 1. The molecular weight excluding hydrogens is 504 g/mol. The third-order valence-electron chi connectivity index (χ3n) is 6.11. The molecule has 39 heavy (non-hydrogen) atoms. The predicted molar refractivity (Wildman–Crippen MR) is 148 cm³/mol. The fourth-order valence-electron chi connectivity index (χ4n) is 4.14. The van der Waals surface area contributed by atoms with Gasteiger partial charge in [0.25, 0.3) is 0 Å². The van der Waals surface area contributed by atoms with Gasteiger partial charge in [0.2, 0.25) is 5.91 Å². The molecule has 0 aromatic heterocycles. The van der Waals surface area contributed by atoms with Gasteiger partial charge in [-0.3, -0.25) is 4.79 Å². The molecule has 2 amide bonds. The number of unbranched alkanes of at least 4 members (excludes halogenated alkanes) is 1. The van der Waals surface area contributed by atoms with Gasteiger partial charge in [0.05, 0.1) is 12.1 Å². The van der Waals surface area contributed by atoms with E-state index in [1.807, 2.05) is 25.1 Å². The average molecular weight is 548 g/mol. The number of carbonyl (C=O) groups excluding carboxylic acids is 2. The van der Waals surface area contributed by atoms with Crippen LogP contribution >= 0.6 is 0 Å². The van der Waals surface area contributed by atoms with Crippen molar-refractivity contribution in [3.63, 3.8) is 0 Å². The molecule has 2 rings (SSSR count). The van der Waals surface area contributed by atoms with Gasteiger partial charge in [0.1, 0.15) is 23.3 Å². The molecule has 7 nitrogen and oxygen atoms in total. The van der Waals surface area contributed by atoms with Gasteiger partial charge in [-0.15, -0.1) is 0 Å². The maximum absolute atomic E-state index is 13.9. The van der Waals surface area contributed by atoms with E-state index in [2.05, 4.69) is 28.9 Å². The zero-order chi connectivity index (χ0) is 29.0. The Balaban J connectivity index is 2.16. The summed E-state index contributed by atoms with van der Waals surface area (Å²) in [4.78, 5) is 25.7. The molecular formula is C30H43F2N3O4. The molecule has 0 saturated carbocycles. The number of nitrogens with one attached hydrogen (secondary N) is 3. The van der Waals surface area contributed by atoms with Crippen molar-refractivity contribution in [2.24, 2.45) is 0 Å². The first-order valence-corrected chi connectivity index (χ1v) is 13.6. The van der Waals surface area contributed by atoms with Crippen molar-refractivity contribution >= 4 is 12.0 Å². The van der Waals surface area contributed by atoms with Crippen LogP contribution in [0.5, 0.6) is 0 Å². The molecule has 0 aliphatic heterocycles. The second-order valence-electron chi connectivity index (χ2n) is 10.8. The Morgan fingerprint density at radius 3 is 2.26 bits per heavy atom. The Labute approximate surface area is 230 Å². The van der Waals surface area contributed by atoms with Crippen molar-refractivity contribution in [2.45, 2.75) is 97.1 Å². The van der Waals surface area contributed by atoms with Crippen LogP contribution in [0.15, 0.2) is 42.5 Å². The normalized spacial score (nSPS) is 13.8. The summed E-state index contributed by atoms with van der Waals surface area (Å²) < 4.78 is 33.1. The number of benzene rings is 2. The number of hydrogen-bond donors (Lipinski definition) is 4. The van der Waals surface area contributed by atoms with Crippen molar-refractivity contribution < 1.29 is 28.2 Å². The Hall–Kier alpha value is -3.04. The van der Waals surface area contributed by atoms with E-state index >= 15 is 0 Å². The molecule has 0 heterocycles. The van der Waals surface area contributed by atoms with E-state index in [9.17, 15) is 23.5 Å². The number of hydrogen-bond acceptors (Lipinski definition) is 5. The third-order valence-corrected chi connectivity index (χ3v) is 6.11. The maximum Gasteiger partial charge on any atom is 0.408 e. The Bertz CT molecular complexity index is 1050. The second-order valence-corrected chi connectivity index (χ2v) is 10.8. The molecule has 0 saturated heterocycles. The first kappa shape index (κ1) is 32.2. The highest BCUT2D eigenvalue weighted by atomic mass is 19.1. The summed E-state index contributed by atoms with van der Waals surface area (Å²) >= 11 is 0. The molecule has 0 unspecified atom stereocenters. The van der Waals surface area contributed by atoms with Crippen molar-refractivity contribution in [2.75, 3.05) is 6.54 Å². The molecule has 3 atom stereocenters. The van der Waals surface area contributed by atoms with Crippen molar-refractivity contribution in [3.05, 3.63) is 70.8 Å². The molecule has 2 aromatic carbocycles. The summed E-state index contributed by atoms with van der Waals surface area (Å²) in [5.74, 6) is -2.00. The minimum absolute atomic E-state index is 0.0124. The topological polar surface area (TPSA) is 99.7 Å². The van der Waals surface area contributed by atoms with E-state index in [4.69, 9.17) is 4.74 Å². The molecule has 0 aliphatic carbocycles. The monoisotopic (exact) mass is 547 g/mol. The lowest BCUT2D eigenvalue weighted by Gasteiger charge is -2.28. The van der Waals surface area contributed by atoms with Crippen molar-refractivity contribution in [1.82, 2.24) is 16.0 Å². The summed E-state index contributed by atoms with van der Waals surface area (Å²) in [6, 6.07) is 9.41. The summed E-state index contributed by atoms with van der Waals surface area (Å²) in [6.45, 7) is 9.84. The fourth-order valence-corrected chi connectivity index (χ4v) is 4.14. The minimum Gasteiger partial charge on any atom is -0.444 e. The van der Waals surface area contributed by atoms with Gasteiger partial charge in [-0.05, 0) is 68.9 Å². The lowest BCUT2D eigenvalue weighted by atomic mass is 9.99. The van der Waals surface area contributed by atoms with Crippen LogP contribution in [0.3, 0.4) is 0 Å². The lowest BCUT2D eigenvalue weighted by molar-refractivity contribution is -0.125. The van der Waals surface area contributed by atoms with Crippen LogP contribution in [0.2, 0.25) is 0 Å². The van der Waals surface area contributed by atoms with Gasteiger partial charge in [-0.1, -0.05) is 51.0 Å². The van der Waals surface area contributed by atoms with Gasteiger partial charge < -0.3 is 25.8 Å². The summed E-state index contributed by atoms with van der Waals surface area (Å²) in [5, 5.41) is 19.7. The number of rotatable bonds is 14. The number of aryl methyl sites for hydroxylation is 1. The molecule has 0 fully saturated rings. The first-order valence-electron chi connectivity index (χ1n) is 13.6. The smallest absolute Gasteiger partial charge is 0.408 e. The summed E-state index contributed by atoms with van der Waals surface area (Å²) in [7, 11) is 0. The van der Waals surface area contributed by atoms with Crippen LogP contribution in [0.25, 0.3) is 0 Å². The first-order chi connectivity index (χ1) is 18.4. The van der Waals surface area contributed by atoms with Crippen LogP contribution < -0.4 is 16.0 Å². The minimum atomic E-state index is -1.08. The van der Waals surface area contributed by atoms with Crippen molar-refractivity contribution in [3.8, 4) is 0 Å². The molecule has 2 aromatic rings. The van der Waals surface area contributed by atoms with Crippen LogP contribution in [0, 0.1) is 11.6 Å². The zero-order valence-corrected chi connectivity index (χ0v) is 23.7. The maximum atomic E-state index is 13.9. The van der Waals surface area contributed by atoms with Crippen LogP contribution in [-0.4, -0.2) is 47.4 Å². The highest BCUT2D eigenvalue weighted by Crippen LogP contribution is 2.14. The third kappa shape index (κ3) is 12.1. The number of aliphatic hydroxyl groups is 1. The van der Waals surface area contributed by atoms with Gasteiger partial charge in [0.15, 0.2) is 0 Å². The zero-order valence-electron chi connectivity index (χ0n) is 23.7. The van der Waals surface area contributed by atoms with Gasteiger partial charge >= 0.3 is 6.09 Å². The van der Waals surface area contributed by atoms with Gasteiger partial charge in [-0.2, -0.15) is 0 Å². The summed E-state index contributed by atoms with van der Waals surface area (Å²) in [5.41, 5.74) is 1.80. The van der Waals surface area contributed by atoms with Crippen LogP contribution in [0.1, 0.15) is 70.6 Å². The van der Waals surface area contributed by atoms with Crippen molar-refractivity contribution in [1.29, 1.82) is 0 Å². The molecule has 0 radical (unpaired) electrons. The molecule has 216 valence electrons. The van der Waals surface area contributed by atoms with Gasteiger partial charge in [0, 0.05) is 19.2 Å². The molecule has 4 N–H and O–H groups in total. The van der Waals surface area contributed by atoms with Crippen LogP contribution in [-0.2, 0) is 28.9 Å². The van der Waals surface area contributed by atoms with E-state index < -0.39 is 47.4 Å². The number of amides is 2. The predicted octanol–water partition coefficient (Wildman–Crippen LogP) is 4.79. The van der Waals surface area contributed by atoms with E-state index in [0.717, 1.165) is 24.5 Å². The van der Waals surface area contributed by atoms with Gasteiger partial charge in [-0.25, -0.2) is 13.6 Å². The highest BCUT2D eigenvalue weighted by molar-refractivity contribution is 5.86. The van der Waals surface area contributed by atoms with Crippen LogP contribution in [0.4, 0.5) is 13.6 Å². The number of aliphatic hydroxyl groups excluding tert-OH is 1. The quantitative estimate of drug-likeness (QED) is 0.273. The number of carbonyl (C=O) groups is 2. The van der Waals surface area contributed by atoms with E-state index in [-0.39, 0.29) is 18.5 Å². The van der Waals surface area contributed by atoms with E-state index in [0.29, 0.717) is 19.4 Å².